The second-order valence-corrected chi connectivity index (χ2v) is 7.96. The highest BCUT2D eigenvalue weighted by Crippen LogP contribution is 2.32. The van der Waals surface area contributed by atoms with Gasteiger partial charge >= 0.3 is 0 Å². The summed E-state index contributed by atoms with van der Waals surface area (Å²) >= 11 is 0. The first-order valence-electron chi connectivity index (χ1n) is 10.2. The van der Waals surface area contributed by atoms with E-state index in [0.717, 1.165) is 46.3 Å². The monoisotopic (exact) mass is 390 g/mol. The second kappa shape index (κ2) is 7.43. The number of hydrogen-bond acceptors (Lipinski definition) is 4. The predicted octanol–water partition coefficient (Wildman–Crippen LogP) is 4.33. The molecule has 1 amide bonds. The number of aromatic nitrogens is 2. The standard InChI is InChI=1S/C23H23FN4O/c24-12-22(29)28(19-7-8-19)13-15-2-1-3-16(10-15)17-4-9-21-20(11-17)23(26-14-25-21)27-18-5-6-18/h1-4,9-11,14,18-19H,5-8,12-13H2,(H,25,26,27). The van der Waals surface area contributed by atoms with Crippen LogP contribution in [0.25, 0.3) is 22.0 Å². The first-order valence-corrected chi connectivity index (χ1v) is 10.2. The minimum Gasteiger partial charge on any atom is -0.367 e. The smallest absolute Gasteiger partial charge is 0.254 e. The number of anilines is 1. The fraction of sp³-hybridized carbons (Fsp3) is 0.348. The van der Waals surface area contributed by atoms with E-state index in [1.807, 2.05) is 18.2 Å². The van der Waals surface area contributed by atoms with Crippen LogP contribution in [-0.4, -0.2) is 39.5 Å². The molecule has 5 rings (SSSR count). The molecule has 2 saturated carbocycles. The zero-order valence-corrected chi connectivity index (χ0v) is 16.1. The molecule has 0 spiro atoms. The van der Waals surface area contributed by atoms with Gasteiger partial charge in [0, 0.05) is 24.0 Å². The molecule has 5 nitrogen and oxygen atoms in total. The molecule has 0 radical (unpaired) electrons. The highest BCUT2D eigenvalue weighted by atomic mass is 19.1. The molecule has 2 aliphatic carbocycles. The highest BCUT2D eigenvalue weighted by molar-refractivity contribution is 5.92. The lowest BCUT2D eigenvalue weighted by molar-refractivity contribution is -0.133. The Bertz CT molecular complexity index is 1060. The lowest BCUT2D eigenvalue weighted by Gasteiger charge is -2.21. The lowest BCUT2D eigenvalue weighted by atomic mass is 10.0. The van der Waals surface area contributed by atoms with Crippen LogP contribution in [0.2, 0.25) is 0 Å². The van der Waals surface area contributed by atoms with E-state index in [1.54, 1.807) is 11.2 Å². The molecule has 2 aliphatic rings. The predicted molar refractivity (Wildman–Crippen MR) is 111 cm³/mol. The Kier molecular flexibility index (Phi) is 4.62. The summed E-state index contributed by atoms with van der Waals surface area (Å²) < 4.78 is 12.9. The van der Waals surface area contributed by atoms with E-state index in [4.69, 9.17) is 0 Å². The van der Waals surface area contributed by atoms with Crippen LogP contribution in [-0.2, 0) is 11.3 Å². The van der Waals surface area contributed by atoms with Crippen LogP contribution in [0.15, 0.2) is 48.8 Å². The van der Waals surface area contributed by atoms with E-state index >= 15 is 0 Å². The first-order chi connectivity index (χ1) is 14.2. The van der Waals surface area contributed by atoms with E-state index in [9.17, 15) is 9.18 Å². The number of nitrogens with zero attached hydrogens (tertiary/aromatic N) is 3. The van der Waals surface area contributed by atoms with E-state index in [-0.39, 0.29) is 6.04 Å². The van der Waals surface area contributed by atoms with E-state index in [0.29, 0.717) is 12.6 Å². The van der Waals surface area contributed by atoms with E-state index in [1.165, 1.54) is 12.8 Å². The third-order valence-corrected chi connectivity index (χ3v) is 5.59. The topological polar surface area (TPSA) is 58.1 Å². The van der Waals surface area contributed by atoms with Gasteiger partial charge in [0.2, 0.25) is 0 Å². The number of halogens is 1. The van der Waals surface area contributed by atoms with Crippen molar-refractivity contribution in [1.29, 1.82) is 0 Å². The van der Waals surface area contributed by atoms with Gasteiger partial charge in [0.1, 0.15) is 12.1 Å². The largest absolute Gasteiger partial charge is 0.367 e. The van der Waals surface area contributed by atoms with Crippen molar-refractivity contribution in [2.75, 3.05) is 12.0 Å². The SMILES string of the molecule is O=C(CF)N(Cc1cccc(-c2ccc3ncnc(NC4CC4)c3c2)c1)C1CC1. The molecule has 29 heavy (non-hydrogen) atoms. The quantitative estimate of drug-likeness (QED) is 0.652. The summed E-state index contributed by atoms with van der Waals surface area (Å²) in [6.07, 6.45) is 5.89. The molecule has 1 heterocycles. The van der Waals surface area contributed by atoms with Crippen molar-refractivity contribution in [2.24, 2.45) is 0 Å². The van der Waals surface area contributed by atoms with Gasteiger partial charge in [-0.3, -0.25) is 4.79 Å². The van der Waals surface area contributed by atoms with Gasteiger partial charge in [-0.2, -0.15) is 0 Å². The van der Waals surface area contributed by atoms with Crippen molar-refractivity contribution >= 4 is 22.6 Å². The average Bonchev–Trinajstić information content (AvgIpc) is 3.67. The Morgan fingerprint density at radius 3 is 2.66 bits per heavy atom. The van der Waals surface area contributed by atoms with Gasteiger partial charge in [0.25, 0.3) is 5.91 Å². The summed E-state index contributed by atoms with van der Waals surface area (Å²) in [5.41, 5.74) is 4.06. The first kappa shape index (κ1) is 18.0. The molecular weight excluding hydrogens is 367 g/mol. The van der Waals surface area contributed by atoms with Crippen molar-refractivity contribution in [2.45, 2.75) is 44.3 Å². The van der Waals surface area contributed by atoms with Gasteiger partial charge in [-0.1, -0.05) is 24.3 Å². The van der Waals surface area contributed by atoms with Crippen LogP contribution < -0.4 is 5.32 Å². The Morgan fingerprint density at radius 1 is 1.07 bits per heavy atom. The van der Waals surface area contributed by atoms with Crippen molar-refractivity contribution < 1.29 is 9.18 Å². The van der Waals surface area contributed by atoms with Crippen molar-refractivity contribution in [3.63, 3.8) is 0 Å². The molecule has 1 N–H and O–H groups in total. The third-order valence-electron chi connectivity index (χ3n) is 5.59. The Labute approximate surface area is 169 Å². The maximum atomic E-state index is 12.9. The number of benzene rings is 2. The summed E-state index contributed by atoms with van der Waals surface area (Å²) in [4.78, 5) is 22.4. The Morgan fingerprint density at radius 2 is 1.90 bits per heavy atom. The van der Waals surface area contributed by atoms with E-state index in [2.05, 4.69) is 39.6 Å². The minimum atomic E-state index is -0.933. The molecular formula is C23H23FN4O. The van der Waals surface area contributed by atoms with Gasteiger partial charge in [-0.05, 0) is 60.6 Å². The van der Waals surface area contributed by atoms with Crippen molar-refractivity contribution in [3.05, 3.63) is 54.4 Å². The lowest BCUT2D eigenvalue weighted by Crippen LogP contribution is -2.33. The number of amides is 1. The van der Waals surface area contributed by atoms with E-state index < -0.39 is 12.6 Å². The maximum absolute atomic E-state index is 12.9. The summed E-state index contributed by atoms with van der Waals surface area (Å²) in [6.45, 7) is -0.482. The third kappa shape index (κ3) is 3.92. The zero-order chi connectivity index (χ0) is 19.8. The number of rotatable bonds is 7. The average molecular weight is 390 g/mol. The van der Waals surface area contributed by atoms with Crippen LogP contribution in [0.4, 0.5) is 10.2 Å². The Hall–Kier alpha value is -3.02. The molecule has 148 valence electrons. The van der Waals surface area contributed by atoms with Gasteiger partial charge in [-0.25, -0.2) is 14.4 Å². The molecule has 0 aliphatic heterocycles. The molecule has 0 saturated heterocycles. The molecule has 3 aromatic rings. The molecule has 0 bridgehead atoms. The number of carbonyl (C=O) groups is 1. The molecule has 2 aromatic carbocycles. The highest BCUT2D eigenvalue weighted by Gasteiger charge is 2.32. The van der Waals surface area contributed by atoms with Crippen molar-refractivity contribution in [1.82, 2.24) is 14.9 Å². The number of nitrogens with one attached hydrogen (secondary N) is 1. The summed E-state index contributed by atoms with van der Waals surface area (Å²) in [5, 5.41) is 4.49. The Balaban J connectivity index is 1.45. The number of carbonyl (C=O) groups excluding carboxylic acids is 1. The summed E-state index contributed by atoms with van der Waals surface area (Å²) in [7, 11) is 0. The van der Waals surface area contributed by atoms with Gasteiger partial charge in [0.05, 0.1) is 5.52 Å². The molecule has 0 unspecified atom stereocenters. The van der Waals surface area contributed by atoms with Crippen LogP contribution in [0.3, 0.4) is 0 Å². The van der Waals surface area contributed by atoms with Gasteiger partial charge < -0.3 is 10.2 Å². The molecule has 6 heteroatoms. The number of hydrogen-bond donors (Lipinski definition) is 1. The van der Waals surface area contributed by atoms with Crippen LogP contribution in [0.5, 0.6) is 0 Å². The summed E-state index contributed by atoms with van der Waals surface area (Å²) in [5.74, 6) is 0.459. The molecule has 0 atom stereocenters. The van der Waals surface area contributed by atoms with Crippen molar-refractivity contribution in [3.8, 4) is 11.1 Å². The summed E-state index contributed by atoms with van der Waals surface area (Å²) in [6, 6.07) is 15.0. The van der Waals surface area contributed by atoms with Gasteiger partial charge in [0.15, 0.2) is 6.67 Å². The van der Waals surface area contributed by atoms with Crippen LogP contribution >= 0.6 is 0 Å². The second-order valence-electron chi connectivity index (χ2n) is 7.96. The number of fused-ring (bicyclic) bond motifs is 1. The minimum absolute atomic E-state index is 0.191. The maximum Gasteiger partial charge on any atom is 0.254 e. The fourth-order valence-corrected chi connectivity index (χ4v) is 3.70. The van der Waals surface area contributed by atoms with Crippen LogP contribution in [0.1, 0.15) is 31.2 Å². The van der Waals surface area contributed by atoms with Crippen LogP contribution in [0, 0.1) is 0 Å². The molecule has 1 aromatic heterocycles. The number of alkyl halides is 1. The molecule has 2 fully saturated rings. The zero-order valence-electron chi connectivity index (χ0n) is 16.1. The normalized spacial score (nSPS) is 16.0. The fourth-order valence-electron chi connectivity index (χ4n) is 3.70. The van der Waals surface area contributed by atoms with Gasteiger partial charge in [-0.15, -0.1) is 0 Å².